The molecule has 0 radical (unpaired) electrons. The van der Waals surface area contributed by atoms with Gasteiger partial charge in [0.25, 0.3) is 0 Å². The summed E-state index contributed by atoms with van der Waals surface area (Å²) in [5.41, 5.74) is 1.70. The largest absolute Gasteiger partial charge is 0.497 e. The van der Waals surface area contributed by atoms with Gasteiger partial charge in [-0.25, -0.2) is 4.98 Å². The summed E-state index contributed by atoms with van der Waals surface area (Å²) in [7, 11) is 1.65. The van der Waals surface area contributed by atoms with Crippen molar-refractivity contribution in [2.75, 3.05) is 13.7 Å². The summed E-state index contributed by atoms with van der Waals surface area (Å²) < 4.78 is 10.9. The summed E-state index contributed by atoms with van der Waals surface area (Å²) >= 11 is 0. The summed E-state index contributed by atoms with van der Waals surface area (Å²) in [5.74, 6) is 1.62. The lowest BCUT2D eigenvalue weighted by Gasteiger charge is -2.05. The second-order valence-corrected chi connectivity index (χ2v) is 4.44. The molecule has 0 saturated carbocycles. The maximum atomic E-state index is 5.74. The molecule has 1 unspecified atom stereocenters. The highest BCUT2D eigenvalue weighted by Gasteiger charge is 2.17. The Hall–Kier alpha value is -1.55. The molecule has 0 bridgehead atoms. The van der Waals surface area contributed by atoms with Crippen LogP contribution < -0.4 is 10.1 Å². The minimum atomic E-state index is 0.518. The highest BCUT2D eigenvalue weighted by molar-refractivity contribution is 5.74. The molecule has 3 rings (SSSR count). The first-order valence-electron chi connectivity index (χ1n) is 6.02. The maximum absolute atomic E-state index is 5.74. The van der Waals surface area contributed by atoms with Crippen molar-refractivity contribution in [3.63, 3.8) is 0 Å². The van der Waals surface area contributed by atoms with Crippen LogP contribution in [-0.2, 0) is 6.42 Å². The van der Waals surface area contributed by atoms with Gasteiger partial charge in [-0.3, -0.25) is 0 Å². The molecule has 0 spiro atoms. The Balaban J connectivity index is 1.85. The van der Waals surface area contributed by atoms with Crippen molar-refractivity contribution >= 4 is 11.1 Å². The van der Waals surface area contributed by atoms with Gasteiger partial charge in [-0.2, -0.15) is 0 Å². The highest BCUT2D eigenvalue weighted by atomic mass is 16.5. The molecule has 1 saturated heterocycles. The van der Waals surface area contributed by atoms with E-state index in [1.165, 1.54) is 12.8 Å². The normalized spacial score (nSPS) is 19.9. The van der Waals surface area contributed by atoms with E-state index >= 15 is 0 Å². The number of hydrogen-bond donors (Lipinski definition) is 1. The molecule has 2 heterocycles. The molecule has 17 heavy (non-hydrogen) atoms. The van der Waals surface area contributed by atoms with E-state index in [1.807, 2.05) is 18.2 Å². The molecule has 1 N–H and O–H groups in total. The Morgan fingerprint density at radius 2 is 2.47 bits per heavy atom. The van der Waals surface area contributed by atoms with Gasteiger partial charge in [0.1, 0.15) is 11.3 Å². The fraction of sp³-hybridized carbons (Fsp3) is 0.462. The van der Waals surface area contributed by atoms with E-state index in [0.29, 0.717) is 6.04 Å². The Kier molecular flexibility index (Phi) is 2.73. The number of oxazole rings is 1. The van der Waals surface area contributed by atoms with Gasteiger partial charge in [-0.15, -0.1) is 0 Å². The zero-order chi connectivity index (χ0) is 11.7. The first-order chi connectivity index (χ1) is 8.35. The quantitative estimate of drug-likeness (QED) is 0.880. The summed E-state index contributed by atoms with van der Waals surface area (Å²) in [5, 5.41) is 3.45. The van der Waals surface area contributed by atoms with Crippen molar-refractivity contribution in [3.05, 3.63) is 24.1 Å². The molecule has 1 aliphatic heterocycles. The zero-order valence-electron chi connectivity index (χ0n) is 9.90. The Labute approximate surface area is 100.0 Å². The van der Waals surface area contributed by atoms with Gasteiger partial charge < -0.3 is 14.5 Å². The van der Waals surface area contributed by atoms with Crippen molar-refractivity contribution in [1.82, 2.24) is 10.3 Å². The van der Waals surface area contributed by atoms with Gasteiger partial charge in [-0.05, 0) is 31.5 Å². The number of methoxy groups -OCH3 is 1. The maximum Gasteiger partial charge on any atom is 0.197 e. The standard InChI is InChI=1S/C13H16N2O2/c1-16-10-4-5-11-12(8-10)17-13(15-11)7-9-3-2-6-14-9/h4-5,8-9,14H,2-3,6-7H2,1H3. The topological polar surface area (TPSA) is 47.3 Å². The van der Waals surface area contributed by atoms with Crippen LogP contribution in [0.4, 0.5) is 0 Å². The third kappa shape index (κ3) is 2.13. The van der Waals surface area contributed by atoms with Crippen molar-refractivity contribution in [1.29, 1.82) is 0 Å². The van der Waals surface area contributed by atoms with Crippen LogP contribution in [0.2, 0.25) is 0 Å². The second kappa shape index (κ2) is 4.37. The molecule has 4 heteroatoms. The highest BCUT2D eigenvalue weighted by Crippen LogP contribution is 2.22. The van der Waals surface area contributed by atoms with E-state index in [9.17, 15) is 0 Å². The van der Waals surface area contributed by atoms with Gasteiger partial charge >= 0.3 is 0 Å². The van der Waals surface area contributed by atoms with Crippen molar-refractivity contribution in [2.24, 2.45) is 0 Å². The predicted octanol–water partition coefficient (Wildman–Crippen LogP) is 2.13. The SMILES string of the molecule is COc1ccc2nc(CC3CCCN3)oc2c1. The molecule has 1 fully saturated rings. The Morgan fingerprint density at radius 1 is 1.53 bits per heavy atom. The Morgan fingerprint density at radius 3 is 3.24 bits per heavy atom. The van der Waals surface area contributed by atoms with Crippen LogP contribution in [0.5, 0.6) is 5.75 Å². The minimum absolute atomic E-state index is 0.518. The number of nitrogens with zero attached hydrogens (tertiary/aromatic N) is 1. The minimum Gasteiger partial charge on any atom is -0.497 e. The molecular weight excluding hydrogens is 216 g/mol. The smallest absolute Gasteiger partial charge is 0.197 e. The van der Waals surface area contributed by atoms with Gasteiger partial charge in [0, 0.05) is 18.5 Å². The number of aromatic nitrogens is 1. The van der Waals surface area contributed by atoms with Gasteiger partial charge in [-0.1, -0.05) is 0 Å². The number of hydrogen-bond acceptors (Lipinski definition) is 4. The van der Waals surface area contributed by atoms with Crippen LogP contribution in [-0.4, -0.2) is 24.7 Å². The number of benzene rings is 1. The molecule has 90 valence electrons. The summed E-state index contributed by atoms with van der Waals surface area (Å²) in [4.78, 5) is 4.49. The van der Waals surface area contributed by atoms with Crippen LogP contribution >= 0.6 is 0 Å². The molecule has 1 atom stereocenters. The molecule has 2 aromatic rings. The van der Waals surface area contributed by atoms with E-state index in [1.54, 1.807) is 7.11 Å². The van der Waals surface area contributed by atoms with E-state index in [4.69, 9.17) is 9.15 Å². The average Bonchev–Trinajstić information content (AvgIpc) is 2.96. The Bertz CT molecular complexity index is 515. The van der Waals surface area contributed by atoms with Crippen LogP contribution in [0, 0.1) is 0 Å². The molecule has 0 amide bonds. The third-order valence-corrected chi connectivity index (χ3v) is 3.22. The number of nitrogens with one attached hydrogen (secondary N) is 1. The van der Waals surface area contributed by atoms with Gasteiger partial charge in [0.2, 0.25) is 0 Å². The monoisotopic (exact) mass is 232 g/mol. The molecule has 1 aromatic carbocycles. The van der Waals surface area contributed by atoms with Gasteiger partial charge in [0.05, 0.1) is 7.11 Å². The third-order valence-electron chi connectivity index (χ3n) is 3.22. The zero-order valence-corrected chi connectivity index (χ0v) is 9.90. The first kappa shape index (κ1) is 10.6. The lowest BCUT2D eigenvalue weighted by molar-refractivity contribution is 0.414. The van der Waals surface area contributed by atoms with Crippen LogP contribution in [0.15, 0.2) is 22.6 Å². The van der Waals surface area contributed by atoms with E-state index in [2.05, 4.69) is 10.3 Å². The van der Waals surface area contributed by atoms with Crippen LogP contribution in [0.1, 0.15) is 18.7 Å². The summed E-state index contributed by atoms with van der Waals surface area (Å²) in [6.45, 7) is 1.11. The second-order valence-electron chi connectivity index (χ2n) is 4.44. The summed E-state index contributed by atoms with van der Waals surface area (Å²) in [6, 6.07) is 6.24. The van der Waals surface area contributed by atoms with Gasteiger partial charge in [0.15, 0.2) is 11.5 Å². The average molecular weight is 232 g/mol. The lowest BCUT2D eigenvalue weighted by atomic mass is 10.2. The molecule has 0 aliphatic carbocycles. The van der Waals surface area contributed by atoms with Crippen LogP contribution in [0.3, 0.4) is 0 Å². The molecule has 4 nitrogen and oxygen atoms in total. The fourth-order valence-corrected chi connectivity index (χ4v) is 2.31. The predicted molar refractivity (Wildman–Crippen MR) is 65.3 cm³/mol. The number of ether oxygens (including phenoxy) is 1. The number of rotatable bonds is 3. The van der Waals surface area contributed by atoms with E-state index in [-0.39, 0.29) is 0 Å². The fourth-order valence-electron chi connectivity index (χ4n) is 2.31. The molecule has 1 aliphatic rings. The van der Waals surface area contributed by atoms with Crippen LogP contribution in [0.25, 0.3) is 11.1 Å². The first-order valence-corrected chi connectivity index (χ1v) is 6.02. The van der Waals surface area contributed by atoms with Crippen molar-refractivity contribution in [2.45, 2.75) is 25.3 Å². The molecular formula is C13H16N2O2. The summed E-state index contributed by atoms with van der Waals surface area (Å²) in [6.07, 6.45) is 3.33. The van der Waals surface area contributed by atoms with E-state index in [0.717, 1.165) is 35.7 Å². The van der Waals surface area contributed by atoms with Crippen molar-refractivity contribution < 1.29 is 9.15 Å². The van der Waals surface area contributed by atoms with Crippen molar-refractivity contribution in [3.8, 4) is 5.75 Å². The van der Waals surface area contributed by atoms with E-state index < -0.39 is 0 Å². The lowest BCUT2D eigenvalue weighted by Crippen LogP contribution is -2.23. The number of fused-ring (bicyclic) bond motifs is 1. The molecule has 1 aromatic heterocycles.